The molecule has 25 heavy (non-hydrogen) atoms. The molecule has 0 atom stereocenters. The lowest BCUT2D eigenvalue weighted by Gasteiger charge is -2.04. The number of pyridine rings is 2. The molecule has 0 radical (unpaired) electrons. The van der Waals surface area contributed by atoms with Gasteiger partial charge in [-0.3, -0.25) is 4.98 Å². The number of nitrogens with two attached hydrogens (primary N) is 1. The van der Waals surface area contributed by atoms with Gasteiger partial charge in [-0.25, -0.2) is 13.4 Å². The maximum Gasteiger partial charge on any atom is 0.433 e. The van der Waals surface area contributed by atoms with E-state index in [4.69, 9.17) is 16.4 Å². The van der Waals surface area contributed by atoms with Crippen LogP contribution in [-0.2, 0) is 21.4 Å². The van der Waals surface area contributed by atoms with Crippen LogP contribution in [0, 0.1) is 0 Å². The summed E-state index contributed by atoms with van der Waals surface area (Å²) >= 11 is 0. The van der Waals surface area contributed by atoms with E-state index in [1.165, 1.54) is 0 Å². The summed E-state index contributed by atoms with van der Waals surface area (Å²) < 4.78 is 92.6. The molecule has 0 saturated carbocycles. The Balaban J connectivity index is 0.000000257. The van der Waals surface area contributed by atoms with Gasteiger partial charge >= 0.3 is 12.4 Å². The zero-order chi connectivity index (χ0) is 19.5. The van der Waals surface area contributed by atoms with Crippen LogP contribution in [0.1, 0.15) is 11.4 Å². The predicted octanol–water partition coefficient (Wildman–Crippen LogP) is 3.71. The average molecular weight is 408 g/mol. The summed E-state index contributed by atoms with van der Waals surface area (Å²) in [5.41, 5.74) is 3.27. The minimum atomic E-state index is -4.59. The first-order valence-corrected chi connectivity index (χ1v) is 8.29. The van der Waals surface area contributed by atoms with Crippen LogP contribution >= 0.6 is 10.7 Å². The van der Waals surface area contributed by atoms with Gasteiger partial charge in [0.1, 0.15) is 16.3 Å². The Bertz CT molecular complexity index is 805. The maximum absolute atomic E-state index is 12.0. The molecule has 0 aliphatic rings. The van der Waals surface area contributed by atoms with Gasteiger partial charge < -0.3 is 5.73 Å². The molecule has 0 unspecified atom stereocenters. The van der Waals surface area contributed by atoms with Crippen LogP contribution < -0.4 is 5.73 Å². The molecule has 0 aromatic carbocycles. The fourth-order valence-electron chi connectivity index (χ4n) is 1.27. The molecule has 0 bridgehead atoms. The number of rotatable bonds is 1. The number of halogens is 7. The Morgan fingerprint density at radius 2 is 1.28 bits per heavy atom. The highest BCUT2D eigenvalue weighted by Gasteiger charge is 2.32. The first-order valence-electron chi connectivity index (χ1n) is 5.98. The van der Waals surface area contributed by atoms with Gasteiger partial charge in [0.15, 0.2) is 0 Å². The van der Waals surface area contributed by atoms with E-state index in [1.54, 1.807) is 0 Å². The van der Waals surface area contributed by atoms with Crippen LogP contribution in [0.3, 0.4) is 0 Å². The van der Waals surface area contributed by atoms with Gasteiger partial charge in [-0.1, -0.05) is 0 Å². The summed E-state index contributed by atoms with van der Waals surface area (Å²) in [6.07, 6.45) is -7.43. The quantitative estimate of drug-likeness (QED) is 0.575. The van der Waals surface area contributed by atoms with Gasteiger partial charge in [0.05, 0.1) is 11.9 Å². The lowest BCUT2D eigenvalue weighted by atomic mass is 10.3. The van der Waals surface area contributed by atoms with Gasteiger partial charge in [0.25, 0.3) is 9.05 Å². The largest absolute Gasteiger partial charge is 0.433 e. The standard InChI is InChI=1S/C6H3ClF3NO2S.C6H5F3N2/c7-14(12,13)4-1-2-5(11-3-4)6(8,9)10;7-6(8,9)5-2-1-4(10)3-11-5/h1-3H;1-3H,10H2. The maximum atomic E-state index is 12.0. The molecule has 0 spiro atoms. The summed E-state index contributed by atoms with van der Waals surface area (Å²) in [5, 5.41) is 0. The Hall–Kier alpha value is -2.08. The van der Waals surface area contributed by atoms with Crippen LogP contribution in [0.25, 0.3) is 0 Å². The van der Waals surface area contributed by atoms with Crippen molar-refractivity contribution in [1.82, 2.24) is 9.97 Å². The van der Waals surface area contributed by atoms with Gasteiger partial charge in [-0.05, 0) is 24.3 Å². The highest BCUT2D eigenvalue weighted by atomic mass is 35.7. The zero-order valence-electron chi connectivity index (χ0n) is 11.8. The SMILES string of the molecule is Nc1ccc(C(F)(F)F)nc1.O=S(=O)(Cl)c1ccc(C(F)(F)F)nc1. The van der Waals surface area contributed by atoms with Crippen molar-refractivity contribution in [1.29, 1.82) is 0 Å². The number of alkyl halides is 6. The summed E-state index contributed by atoms with van der Waals surface area (Å²) in [4.78, 5) is 5.56. The molecule has 5 nitrogen and oxygen atoms in total. The molecule has 2 aromatic rings. The average Bonchev–Trinajstić information content (AvgIpc) is 2.46. The van der Waals surface area contributed by atoms with Gasteiger partial charge in [0.2, 0.25) is 0 Å². The number of hydrogen-bond donors (Lipinski definition) is 1. The van der Waals surface area contributed by atoms with Crippen LogP contribution in [0.4, 0.5) is 32.0 Å². The smallest absolute Gasteiger partial charge is 0.397 e. The Morgan fingerprint density at radius 1 is 0.840 bits per heavy atom. The second-order valence-corrected chi connectivity index (χ2v) is 6.86. The summed E-state index contributed by atoms with van der Waals surface area (Å²) in [5.74, 6) is 0. The fourth-order valence-corrected chi connectivity index (χ4v) is 1.95. The van der Waals surface area contributed by atoms with Gasteiger partial charge in [-0.2, -0.15) is 26.3 Å². The van der Waals surface area contributed by atoms with Crippen molar-refractivity contribution in [3.05, 3.63) is 48.0 Å². The molecule has 2 rings (SSSR count). The highest BCUT2D eigenvalue weighted by molar-refractivity contribution is 8.13. The number of nitrogens with zero attached hydrogens (tertiary/aromatic N) is 2. The third kappa shape index (κ3) is 6.74. The predicted molar refractivity (Wildman–Crippen MR) is 75.9 cm³/mol. The number of anilines is 1. The topological polar surface area (TPSA) is 85.9 Å². The summed E-state index contributed by atoms with van der Waals surface area (Å²) in [6, 6.07) is 3.30. The number of aromatic nitrogens is 2. The van der Waals surface area contributed by atoms with Gasteiger partial charge in [-0.15, -0.1) is 0 Å². The molecule has 0 amide bonds. The summed E-state index contributed by atoms with van der Waals surface area (Å²) in [6.45, 7) is 0. The van der Waals surface area contributed by atoms with Crippen molar-refractivity contribution < 1.29 is 34.8 Å². The molecule has 0 saturated heterocycles. The summed E-state index contributed by atoms with van der Waals surface area (Å²) in [7, 11) is 0.853. The van der Waals surface area contributed by atoms with Gasteiger partial charge in [0, 0.05) is 16.9 Å². The number of nitrogen functional groups attached to an aromatic ring is 1. The van der Waals surface area contributed by atoms with Crippen molar-refractivity contribution in [3.8, 4) is 0 Å². The molecule has 0 fully saturated rings. The van der Waals surface area contributed by atoms with E-state index in [2.05, 4.69) is 9.97 Å². The molecular weight excluding hydrogens is 400 g/mol. The van der Waals surface area contributed by atoms with Crippen LogP contribution in [0.5, 0.6) is 0 Å². The van der Waals surface area contributed by atoms with Crippen LogP contribution in [0.15, 0.2) is 41.6 Å². The van der Waals surface area contributed by atoms with Crippen molar-refractivity contribution in [2.45, 2.75) is 17.2 Å². The fraction of sp³-hybridized carbons (Fsp3) is 0.167. The van der Waals surface area contributed by atoms with E-state index in [1.807, 2.05) is 0 Å². The molecule has 2 aromatic heterocycles. The number of hydrogen-bond acceptors (Lipinski definition) is 5. The van der Waals surface area contributed by atoms with Crippen molar-refractivity contribution in [2.24, 2.45) is 0 Å². The van der Waals surface area contributed by atoms with E-state index in [-0.39, 0.29) is 5.69 Å². The highest BCUT2D eigenvalue weighted by Crippen LogP contribution is 2.28. The Labute approximate surface area is 141 Å². The van der Waals surface area contributed by atoms with E-state index in [9.17, 15) is 34.8 Å². The first-order chi connectivity index (χ1) is 11.2. The van der Waals surface area contributed by atoms with Crippen LogP contribution in [0.2, 0.25) is 0 Å². The molecule has 0 aliphatic carbocycles. The third-order valence-corrected chi connectivity index (χ3v) is 3.72. The second kappa shape index (κ2) is 7.44. The van der Waals surface area contributed by atoms with E-state index < -0.39 is 37.7 Å². The van der Waals surface area contributed by atoms with E-state index >= 15 is 0 Å². The zero-order valence-corrected chi connectivity index (χ0v) is 13.4. The Morgan fingerprint density at radius 3 is 1.56 bits per heavy atom. The lowest BCUT2D eigenvalue weighted by Crippen LogP contribution is -2.08. The Kier molecular flexibility index (Phi) is 6.23. The monoisotopic (exact) mass is 407 g/mol. The van der Waals surface area contributed by atoms with E-state index in [0.717, 1.165) is 24.4 Å². The minimum absolute atomic E-state index is 0.220. The molecule has 2 heterocycles. The van der Waals surface area contributed by atoms with E-state index in [0.29, 0.717) is 12.3 Å². The first kappa shape index (κ1) is 21.0. The van der Waals surface area contributed by atoms with Crippen molar-refractivity contribution in [2.75, 3.05) is 5.73 Å². The van der Waals surface area contributed by atoms with Crippen molar-refractivity contribution in [3.63, 3.8) is 0 Å². The molecular formula is C12H8ClF6N3O2S. The molecule has 13 heteroatoms. The normalized spacial score (nSPS) is 12.3. The molecule has 0 aliphatic heterocycles. The third-order valence-electron chi connectivity index (χ3n) is 2.39. The van der Waals surface area contributed by atoms with Crippen LogP contribution in [-0.4, -0.2) is 18.4 Å². The molecule has 138 valence electrons. The lowest BCUT2D eigenvalue weighted by molar-refractivity contribution is -0.142. The second-order valence-electron chi connectivity index (χ2n) is 4.29. The minimum Gasteiger partial charge on any atom is -0.397 e. The van der Waals surface area contributed by atoms with Crippen molar-refractivity contribution >= 4 is 25.4 Å². The molecule has 2 N–H and O–H groups in total.